The Kier molecular flexibility index (Phi) is 4.29. The van der Waals surface area contributed by atoms with Crippen LogP contribution in [0.5, 0.6) is 0 Å². The SMILES string of the molecule is Cc1ccc(S(=O)(=O)NNC(=O)C(=O)NC2CC2)cc1C. The summed E-state index contributed by atoms with van der Waals surface area (Å²) in [5, 5.41) is 2.46. The van der Waals surface area contributed by atoms with Crippen molar-refractivity contribution in [2.75, 3.05) is 0 Å². The monoisotopic (exact) mass is 311 g/mol. The fourth-order valence-electron chi connectivity index (χ4n) is 1.59. The van der Waals surface area contributed by atoms with Crippen LogP contribution in [0.1, 0.15) is 24.0 Å². The lowest BCUT2D eigenvalue weighted by atomic mass is 10.1. The van der Waals surface area contributed by atoms with Crippen LogP contribution >= 0.6 is 0 Å². The second-order valence-electron chi connectivity index (χ2n) is 5.05. The molecule has 8 heteroatoms. The molecule has 0 bridgehead atoms. The van der Waals surface area contributed by atoms with Gasteiger partial charge in [0.05, 0.1) is 4.90 Å². The van der Waals surface area contributed by atoms with Gasteiger partial charge in [0.2, 0.25) is 0 Å². The van der Waals surface area contributed by atoms with Crippen molar-refractivity contribution >= 4 is 21.8 Å². The summed E-state index contributed by atoms with van der Waals surface area (Å²) in [7, 11) is -3.90. The minimum Gasteiger partial charge on any atom is -0.345 e. The Bertz CT molecular complexity index is 681. The van der Waals surface area contributed by atoms with Crippen LogP contribution < -0.4 is 15.6 Å². The lowest BCUT2D eigenvalue weighted by Gasteiger charge is -2.09. The number of rotatable bonds is 4. The van der Waals surface area contributed by atoms with Crippen LogP contribution in [0.15, 0.2) is 23.1 Å². The number of hydrazine groups is 1. The molecule has 1 aliphatic rings. The smallest absolute Gasteiger partial charge is 0.324 e. The predicted octanol–water partition coefficient (Wildman–Crippen LogP) is -0.108. The second kappa shape index (κ2) is 5.82. The molecule has 0 radical (unpaired) electrons. The van der Waals surface area contributed by atoms with Gasteiger partial charge in [0, 0.05) is 6.04 Å². The van der Waals surface area contributed by atoms with Crippen LogP contribution in [0.2, 0.25) is 0 Å². The molecule has 0 saturated heterocycles. The molecule has 0 spiro atoms. The zero-order valence-corrected chi connectivity index (χ0v) is 12.6. The Morgan fingerprint density at radius 1 is 1.10 bits per heavy atom. The topological polar surface area (TPSA) is 104 Å². The van der Waals surface area contributed by atoms with Crippen molar-refractivity contribution < 1.29 is 18.0 Å². The van der Waals surface area contributed by atoms with Gasteiger partial charge in [-0.25, -0.2) is 8.42 Å². The lowest BCUT2D eigenvalue weighted by molar-refractivity contribution is -0.139. The van der Waals surface area contributed by atoms with E-state index in [1.165, 1.54) is 12.1 Å². The summed E-state index contributed by atoms with van der Waals surface area (Å²) >= 11 is 0. The highest BCUT2D eigenvalue weighted by Gasteiger charge is 2.27. The normalized spacial score (nSPS) is 14.6. The van der Waals surface area contributed by atoms with Gasteiger partial charge in [-0.15, -0.1) is 4.83 Å². The predicted molar refractivity (Wildman–Crippen MR) is 75.5 cm³/mol. The zero-order chi connectivity index (χ0) is 15.6. The van der Waals surface area contributed by atoms with Crippen LogP contribution in [-0.4, -0.2) is 26.3 Å². The minimum absolute atomic E-state index is 0.0218. The summed E-state index contributed by atoms with van der Waals surface area (Å²) in [6.45, 7) is 3.65. The van der Waals surface area contributed by atoms with Gasteiger partial charge in [0.25, 0.3) is 10.0 Å². The van der Waals surface area contributed by atoms with E-state index in [1.807, 2.05) is 17.2 Å². The third-order valence-electron chi connectivity index (χ3n) is 3.21. The summed E-state index contributed by atoms with van der Waals surface area (Å²) in [4.78, 5) is 24.8. The van der Waals surface area contributed by atoms with E-state index in [9.17, 15) is 18.0 Å². The molecule has 0 heterocycles. The molecule has 1 aromatic rings. The molecule has 2 rings (SSSR count). The van der Waals surface area contributed by atoms with E-state index in [-0.39, 0.29) is 10.9 Å². The molecule has 21 heavy (non-hydrogen) atoms. The fraction of sp³-hybridized carbons (Fsp3) is 0.385. The Morgan fingerprint density at radius 3 is 2.33 bits per heavy atom. The van der Waals surface area contributed by atoms with Crippen LogP contribution in [0, 0.1) is 13.8 Å². The van der Waals surface area contributed by atoms with Crippen LogP contribution in [0.25, 0.3) is 0 Å². The number of aryl methyl sites for hydroxylation is 2. The van der Waals surface area contributed by atoms with Gasteiger partial charge < -0.3 is 5.32 Å². The van der Waals surface area contributed by atoms with Crippen molar-refractivity contribution in [2.45, 2.75) is 37.6 Å². The second-order valence-corrected chi connectivity index (χ2v) is 6.74. The number of sulfonamides is 1. The largest absolute Gasteiger partial charge is 0.345 e. The van der Waals surface area contributed by atoms with Gasteiger partial charge in [-0.2, -0.15) is 0 Å². The number of carbonyl (C=O) groups is 2. The lowest BCUT2D eigenvalue weighted by Crippen LogP contribution is -2.48. The molecule has 1 aliphatic carbocycles. The summed E-state index contributed by atoms with van der Waals surface area (Å²) in [6, 6.07) is 4.63. The molecule has 0 aromatic heterocycles. The Labute approximate surface area is 123 Å². The first kappa shape index (κ1) is 15.5. The first-order valence-electron chi connectivity index (χ1n) is 6.49. The molecule has 0 unspecified atom stereocenters. The van der Waals surface area contributed by atoms with E-state index < -0.39 is 21.8 Å². The van der Waals surface area contributed by atoms with E-state index in [4.69, 9.17) is 0 Å². The van der Waals surface area contributed by atoms with Gasteiger partial charge in [0.1, 0.15) is 0 Å². The maximum absolute atomic E-state index is 12.0. The first-order valence-corrected chi connectivity index (χ1v) is 7.98. The van der Waals surface area contributed by atoms with E-state index in [1.54, 1.807) is 13.0 Å². The molecule has 7 nitrogen and oxygen atoms in total. The highest BCUT2D eigenvalue weighted by atomic mass is 32.2. The van der Waals surface area contributed by atoms with Gasteiger partial charge >= 0.3 is 11.8 Å². The molecule has 0 atom stereocenters. The maximum Gasteiger partial charge on any atom is 0.324 e. The maximum atomic E-state index is 12.0. The van der Waals surface area contributed by atoms with Gasteiger partial charge in [-0.05, 0) is 49.9 Å². The van der Waals surface area contributed by atoms with Crippen molar-refractivity contribution in [3.8, 4) is 0 Å². The number of nitrogens with one attached hydrogen (secondary N) is 3. The standard InChI is InChI=1S/C13H17N3O4S/c1-8-3-6-11(7-9(8)2)21(19,20)16-15-13(18)12(17)14-10-4-5-10/h3,6-7,10,16H,4-5H2,1-2H3,(H,14,17)(H,15,18). The summed E-state index contributed by atoms with van der Waals surface area (Å²) in [5.41, 5.74) is 3.67. The molecule has 2 amide bonds. The van der Waals surface area contributed by atoms with Gasteiger partial charge in [-0.3, -0.25) is 15.0 Å². The average Bonchev–Trinajstić information content (AvgIpc) is 3.23. The van der Waals surface area contributed by atoms with Crippen molar-refractivity contribution in [2.24, 2.45) is 0 Å². The Morgan fingerprint density at radius 2 is 1.76 bits per heavy atom. The third kappa shape index (κ3) is 4.02. The molecule has 1 fully saturated rings. The fourth-order valence-corrected chi connectivity index (χ4v) is 2.51. The van der Waals surface area contributed by atoms with Crippen molar-refractivity contribution in [1.82, 2.24) is 15.6 Å². The highest BCUT2D eigenvalue weighted by molar-refractivity contribution is 7.89. The van der Waals surface area contributed by atoms with Gasteiger partial charge in [0.15, 0.2) is 0 Å². The quantitative estimate of drug-likeness (QED) is 0.533. The zero-order valence-electron chi connectivity index (χ0n) is 11.8. The minimum atomic E-state index is -3.90. The molecule has 1 saturated carbocycles. The van der Waals surface area contributed by atoms with E-state index >= 15 is 0 Å². The van der Waals surface area contributed by atoms with Crippen molar-refractivity contribution in [3.05, 3.63) is 29.3 Å². The van der Waals surface area contributed by atoms with Gasteiger partial charge in [-0.1, -0.05) is 6.07 Å². The first-order chi connectivity index (χ1) is 9.79. The van der Waals surface area contributed by atoms with E-state index in [0.717, 1.165) is 24.0 Å². The summed E-state index contributed by atoms with van der Waals surface area (Å²) in [6.07, 6.45) is 1.68. The number of benzene rings is 1. The Balaban J connectivity index is 1.98. The number of carbonyl (C=O) groups excluding carboxylic acids is 2. The van der Waals surface area contributed by atoms with E-state index in [0.29, 0.717) is 0 Å². The van der Waals surface area contributed by atoms with Crippen molar-refractivity contribution in [1.29, 1.82) is 0 Å². The average molecular weight is 311 g/mol. The molecule has 114 valence electrons. The van der Waals surface area contributed by atoms with Crippen LogP contribution in [0.3, 0.4) is 0 Å². The highest BCUT2D eigenvalue weighted by Crippen LogP contribution is 2.18. The molecular weight excluding hydrogens is 294 g/mol. The van der Waals surface area contributed by atoms with Crippen molar-refractivity contribution in [3.63, 3.8) is 0 Å². The Hall–Kier alpha value is -1.93. The number of hydrogen-bond acceptors (Lipinski definition) is 4. The summed E-state index contributed by atoms with van der Waals surface area (Å²) < 4.78 is 24.0. The van der Waals surface area contributed by atoms with Crippen LogP contribution in [-0.2, 0) is 19.6 Å². The number of hydrogen-bond donors (Lipinski definition) is 3. The van der Waals surface area contributed by atoms with E-state index in [2.05, 4.69) is 5.32 Å². The molecule has 0 aliphatic heterocycles. The summed E-state index contributed by atoms with van der Waals surface area (Å²) in [5.74, 6) is -1.88. The third-order valence-corrected chi connectivity index (χ3v) is 4.45. The van der Waals surface area contributed by atoms with Crippen LogP contribution in [0.4, 0.5) is 0 Å². The molecule has 1 aromatic carbocycles. The number of amides is 2. The molecule has 3 N–H and O–H groups in total. The molecular formula is C13H17N3O4S.